The number of hydrogen-bond donors (Lipinski definition) is 2. The minimum atomic E-state index is -0.432. The summed E-state index contributed by atoms with van der Waals surface area (Å²) in [7, 11) is 0. The Bertz CT molecular complexity index is 791. The maximum Gasteiger partial charge on any atom is 0.227 e. The van der Waals surface area contributed by atoms with Crippen LogP contribution in [0.15, 0.2) is 18.2 Å². The first kappa shape index (κ1) is 20.4. The zero-order valence-corrected chi connectivity index (χ0v) is 18.3. The summed E-state index contributed by atoms with van der Waals surface area (Å²) in [6, 6.07) is 7.37. The van der Waals surface area contributed by atoms with Gasteiger partial charge in [0.15, 0.2) is 0 Å². The van der Waals surface area contributed by atoms with Gasteiger partial charge < -0.3 is 10.6 Å². The Morgan fingerprint density at radius 3 is 2.57 bits per heavy atom. The second kappa shape index (κ2) is 8.23. The Kier molecular flexibility index (Phi) is 5.61. The fourth-order valence-electron chi connectivity index (χ4n) is 6.91. The van der Waals surface area contributed by atoms with Gasteiger partial charge in [-0.05, 0) is 94.5 Å². The number of likely N-dealkylation sites (tertiary alicyclic amines) is 1. The maximum atomic E-state index is 15.4. The molecule has 1 aromatic carbocycles. The van der Waals surface area contributed by atoms with E-state index in [9.17, 15) is 4.79 Å². The molecule has 0 radical (unpaired) electrons. The molecular weight excluding hydrogens is 377 g/mol. The molecule has 2 N–H and O–H groups in total. The Morgan fingerprint density at radius 1 is 1.10 bits per heavy atom. The number of benzene rings is 1. The van der Waals surface area contributed by atoms with Crippen molar-refractivity contribution in [2.75, 3.05) is 26.2 Å². The number of hydrogen-bond acceptors (Lipinski definition) is 3. The molecular formula is C25H36FN3O. The molecule has 5 heteroatoms. The zero-order chi connectivity index (χ0) is 20.7. The third-order valence-electron chi connectivity index (χ3n) is 8.71. The molecule has 4 aliphatic rings. The molecule has 0 bridgehead atoms. The zero-order valence-electron chi connectivity index (χ0n) is 18.3. The molecule has 3 heterocycles. The van der Waals surface area contributed by atoms with Crippen molar-refractivity contribution in [1.82, 2.24) is 15.5 Å². The molecule has 3 atom stereocenters. The van der Waals surface area contributed by atoms with Gasteiger partial charge in [-0.1, -0.05) is 12.1 Å². The number of halogens is 1. The van der Waals surface area contributed by atoms with Gasteiger partial charge in [-0.3, -0.25) is 9.69 Å². The van der Waals surface area contributed by atoms with Crippen molar-refractivity contribution in [1.29, 1.82) is 0 Å². The van der Waals surface area contributed by atoms with Crippen molar-refractivity contribution in [3.05, 3.63) is 35.1 Å². The number of amides is 1. The summed E-state index contributed by atoms with van der Waals surface area (Å²) in [6.07, 6.45) is 9.06. The van der Waals surface area contributed by atoms with Crippen molar-refractivity contribution in [3.63, 3.8) is 0 Å². The number of nitrogens with one attached hydrogen (secondary N) is 2. The van der Waals surface area contributed by atoms with E-state index in [0.29, 0.717) is 19.0 Å². The highest BCUT2D eigenvalue weighted by Crippen LogP contribution is 2.47. The van der Waals surface area contributed by atoms with Crippen LogP contribution in [-0.2, 0) is 4.79 Å². The fraction of sp³-hybridized carbons (Fsp3) is 0.720. The van der Waals surface area contributed by atoms with Crippen LogP contribution in [0, 0.1) is 11.2 Å². The molecule has 3 aliphatic heterocycles. The predicted octanol–water partition coefficient (Wildman–Crippen LogP) is 3.92. The molecule has 0 aromatic heterocycles. The van der Waals surface area contributed by atoms with Gasteiger partial charge in [0.1, 0.15) is 5.82 Å². The number of rotatable bonds is 3. The maximum absolute atomic E-state index is 15.4. The molecule has 164 valence electrons. The summed E-state index contributed by atoms with van der Waals surface area (Å²) >= 11 is 0. The first-order chi connectivity index (χ1) is 14.6. The van der Waals surface area contributed by atoms with Crippen molar-refractivity contribution < 1.29 is 9.18 Å². The molecule has 30 heavy (non-hydrogen) atoms. The third-order valence-corrected chi connectivity index (χ3v) is 8.71. The van der Waals surface area contributed by atoms with Crippen LogP contribution in [0.2, 0.25) is 0 Å². The summed E-state index contributed by atoms with van der Waals surface area (Å²) in [5.41, 5.74) is 1.44. The van der Waals surface area contributed by atoms with Gasteiger partial charge in [-0.25, -0.2) is 4.39 Å². The van der Waals surface area contributed by atoms with Gasteiger partial charge in [-0.2, -0.15) is 0 Å². The van der Waals surface area contributed by atoms with E-state index in [0.717, 1.165) is 55.4 Å². The molecule has 5 rings (SSSR count). The molecule has 1 saturated carbocycles. The smallest absolute Gasteiger partial charge is 0.227 e. The van der Waals surface area contributed by atoms with Gasteiger partial charge in [0.2, 0.25) is 5.91 Å². The minimum Gasteiger partial charge on any atom is -0.356 e. The van der Waals surface area contributed by atoms with Gasteiger partial charge in [0.05, 0.1) is 5.41 Å². The molecule has 1 spiro atoms. The number of nitrogens with zero attached hydrogens (tertiary/aromatic N) is 1. The van der Waals surface area contributed by atoms with Crippen LogP contribution in [0.3, 0.4) is 0 Å². The van der Waals surface area contributed by atoms with E-state index in [2.05, 4.69) is 28.5 Å². The van der Waals surface area contributed by atoms with Crippen LogP contribution < -0.4 is 10.6 Å². The van der Waals surface area contributed by atoms with Gasteiger partial charge >= 0.3 is 0 Å². The first-order valence-corrected chi connectivity index (χ1v) is 12.1. The largest absolute Gasteiger partial charge is 0.356 e. The van der Waals surface area contributed by atoms with E-state index in [1.165, 1.54) is 32.2 Å². The van der Waals surface area contributed by atoms with E-state index in [1.807, 2.05) is 6.07 Å². The number of carbonyl (C=O) groups is 1. The SMILES string of the molecule is C[C@@H]1CCCN1C1CCC(c2ccc(C3CNCCC34CCNC4=O)c(F)c2)CC1. The Morgan fingerprint density at radius 2 is 1.90 bits per heavy atom. The van der Waals surface area contributed by atoms with E-state index in [4.69, 9.17) is 0 Å². The second-order valence-electron chi connectivity index (χ2n) is 10.2. The lowest BCUT2D eigenvalue weighted by Gasteiger charge is -2.40. The lowest BCUT2D eigenvalue weighted by Crippen LogP contribution is -2.48. The summed E-state index contributed by atoms with van der Waals surface area (Å²) in [4.78, 5) is 15.4. The van der Waals surface area contributed by atoms with Crippen molar-refractivity contribution in [2.24, 2.45) is 5.41 Å². The summed E-state index contributed by atoms with van der Waals surface area (Å²) in [5.74, 6) is 0.397. The van der Waals surface area contributed by atoms with E-state index in [1.54, 1.807) is 6.07 Å². The normalized spacial score (nSPS) is 37.6. The molecule has 3 saturated heterocycles. The third kappa shape index (κ3) is 3.48. The summed E-state index contributed by atoms with van der Waals surface area (Å²) < 4.78 is 15.4. The minimum absolute atomic E-state index is 0.0739. The van der Waals surface area contributed by atoms with Crippen LogP contribution in [0.5, 0.6) is 0 Å². The predicted molar refractivity (Wildman–Crippen MR) is 117 cm³/mol. The summed E-state index contributed by atoms with van der Waals surface area (Å²) in [5, 5.41) is 6.39. The lowest BCUT2D eigenvalue weighted by atomic mass is 9.66. The van der Waals surface area contributed by atoms with Crippen LogP contribution in [0.25, 0.3) is 0 Å². The van der Waals surface area contributed by atoms with E-state index in [-0.39, 0.29) is 17.6 Å². The van der Waals surface area contributed by atoms with Gasteiger partial charge in [-0.15, -0.1) is 0 Å². The monoisotopic (exact) mass is 413 g/mol. The average molecular weight is 414 g/mol. The van der Waals surface area contributed by atoms with Crippen LogP contribution in [0.1, 0.15) is 81.3 Å². The molecule has 4 nitrogen and oxygen atoms in total. The molecule has 1 aliphatic carbocycles. The summed E-state index contributed by atoms with van der Waals surface area (Å²) in [6.45, 7) is 5.86. The molecule has 1 amide bonds. The van der Waals surface area contributed by atoms with Crippen molar-refractivity contribution in [2.45, 2.75) is 82.2 Å². The van der Waals surface area contributed by atoms with Crippen LogP contribution in [0.4, 0.5) is 4.39 Å². The second-order valence-corrected chi connectivity index (χ2v) is 10.2. The Labute approximate surface area is 180 Å². The molecule has 1 aromatic rings. The topological polar surface area (TPSA) is 44.4 Å². The highest BCUT2D eigenvalue weighted by molar-refractivity contribution is 5.86. The van der Waals surface area contributed by atoms with Crippen LogP contribution >= 0.6 is 0 Å². The molecule has 2 unspecified atom stereocenters. The standard InChI is InChI=1S/C25H36FN3O/c1-17-3-2-14-29(17)20-7-4-18(5-8-20)19-6-9-21(23(26)15-19)22-16-27-12-10-25(22)11-13-28-24(25)30/h6,9,15,17-18,20,22,27H,2-5,7-8,10-14,16H2,1H3,(H,28,30)/t17-,18?,20?,22?,25?/m1/s1. The van der Waals surface area contributed by atoms with E-state index >= 15 is 4.39 Å². The number of piperidine rings is 1. The van der Waals surface area contributed by atoms with Gasteiger partial charge in [0, 0.05) is 31.1 Å². The highest BCUT2D eigenvalue weighted by Gasteiger charge is 2.50. The Hall–Kier alpha value is -1.46. The lowest BCUT2D eigenvalue weighted by molar-refractivity contribution is -0.129. The fourth-order valence-corrected chi connectivity index (χ4v) is 6.91. The van der Waals surface area contributed by atoms with Crippen molar-refractivity contribution >= 4 is 5.91 Å². The van der Waals surface area contributed by atoms with Gasteiger partial charge in [0.25, 0.3) is 0 Å². The van der Waals surface area contributed by atoms with E-state index < -0.39 is 5.41 Å². The molecule has 4 fully saturated rings. The van der Waals surface area contributed by atoms with Crippen molar-refractivity contribution in [3.8, 4) is 0 Å². The first-order valence-electron chi connectivity index (χ1n) is 12.1. The average Bonchev–Trinajstić information content (AvgIpc) is 3.35. The highest BCUT2D eigenvalue weighted by atomic mass is 19.1. The Balaban J connectivity index is 1.30. The number of carbonyl (C=O) groups excluding carboxylic acids is 1. The quantitative estimate of drug-likeness (QED) is 0.789. The van der Waals surface area contributed by atoms with Crippen LogP contribution in [-0.4, -0.2) is 49.1 Å².